The molecule has 2 saturated heterocycles. The van der Waals surface area contributed by atoms with Gasteiger partial charge in [-0.15, -0.1) is 0 Å². The number of aryl methyl sites for hydroxylation is 1. The maximum absolute atomic E-state index is 14.1. The molecule has 2 aromatic carbocycles. The second-order valence-electron chi connectivity index (χ2n) is 12.0. The zero-order chi connectivity index (χ0) is 25.9. The van der Waals surface area contributed by atoms with Gasteiger partial charge in [0, 0.05) is 47.6 Å². The topological polar surface area (TPSA) is 54.6 Å². The Labute approximate surface area is 223 Å². The van der Waals surface area contributed by atoms with Gasteiger partial charge in [-0.2, -0.15) is 0 Å². The van der Waals surface area contributed by atoms with Gasteiger partial charge in [0.2, 0.25) is 0 Å². The number of ether oxygens (including phenoxy) is 2. The van der Waals surface area contributed by atoms with Crippen LogP contribution >= 0.6 is 0 Å². The number of benzene rings is 2. The minimum absolute atomic E-state index is 0.196. The number of hydrogen-bond donors (Lipinski definition) is 1. The molecule has 3 aromatic rings. The predicted octanol–water partition coefficient (Wildman–Crippen LogP) is 7.16. The highest BCUT2D eigenvalue weighted by atomic mass is 19.1. The summed E-state index contributed by atoms with van der Waals surface area (Å²) in [5, 5.41) is 0.956. The summed E-state index contributed by atoms with van der Waals surface area (Å²) in [6.07, 6.45) is 11.4. The number of aromatic nitrogens is 1. The summed E-state index contributed by atoms with van der Waals surface area (Å²) >= 11 is 0. The molecule has 1 saturated carbocycles. The molecule has 3 fully saturated rings. The molecule has 5 nitrogen and oxygen atoms in total. The van der Waals surface area contributed by atoms with Crippen LogP contribution in [0.3, 0.4) is 0 Å². The van der Waals surface area contributed by atoms with Gasteiger partial charge >= 0.3 is 5.97 Å². The Balaban J connectivity index is 1.29. The lowest BCUT2D eigenvalue weighted by Gasteiger charge is -2.56. The fourth-order valence-corrected chi connectivity index (χ4v) is 8.02. The summed E-state index contributed by atoms with van der Waals surface area (Å²) in [6.45, 7) is 4.18. The van der Waals surface area contributed by atoms with Gasteiger partial charge in [0.1, 0.15) is 17.2 Å². The number of aromatic amines is 1. The lowest BCUT2D eigenvalue weighted by molar-refractivity contribution is -0.177. The maximum atomic E-state index is 14.1. The summed E-state index contributed by atoms with van der Waals surface area (Å²) in [5.74, 6) is 0.776. The van der Waals surface area contributed by atoms with Crippen molar-refractivity contribution < 1.29 is 18.7 Å². The van der Waals surface area contributed by atoms with E-state index in [4.69, 9.17) is 9.47 Å². The third-order valence-electron chi connectivity index (χ3n) is 9.84. The molecular formula is C32H37FN2O3. The first kappa shape index (κ1) is 24.2. The van der Waals surface area contributed by atoms with Gasteiger partial charge in [-0.25, -0.2) is 9.18 Å². The van der Waals surface area contributed by atoms with Gasteiger partial charge in [-0.05, 0) is 94.5 Å². The molecule has 2 unspecified atom stereocenters. The normalized spacial score (nSPS) is 26.6. The maximum Gasteiger partial charge on any atom is 0.341 e. The second kappa shape index (κ2) is 9.11. The van der Waals surface area contributed by atoms with Crippen LogP contribution in [0.25, 0.3) is 10.9 Å². The van der Waals surface area contributed by atoms with E-state index in [1.807, 2.05) is 6.92 Å². The van der Waals surface area contributed by atoms with Crippen molar-refractivity contribution in [2.24, 2.45) is 5.92 Å². The van der Waals surface area contributed by atoms with E-state index in [1.54, 1.807) is 12.1 Å². The summed E-state index contributed by atoms with van der Waals surface area (Å²) in [7, 11) is 0. The number of halogens is 1. The molecule has 0 radical (unpaired) electrons. The number of nitrogens with zero attached hydrogens (tertiary/aromatic N) is 1. The quantitative estimate of drug-likeness (QED) is 0.375. The highest BCUT2D eigenvalue weighted by Gasteiger charge is 2.52. The smallest absolute Gasteiger partial charge is 0.341 e. The zero-order valence-corrected chi connectivity index (χ0v) is 22.3. The van der Waals surface area contributed by atoms with Crippen LogP contribution in [0, 0.1) is 18.7 Å². The third-order valence-corrected chi connectivity index (χ3v) is 9.84. The zero-order valence-electron chi connectivity index (χ0n) is 22.3. The van der Waals surface area contributed by atoms with Gasteiger partial charge < -0.3 is 14.5 Å². The van der Waals surface area contributed by atoms with Crippen molar-refractivity contribution in [3.05, 3.63) is 64.6 Å². The number of esters is 1. The second-order valence-corrected chi connectivity index (χ2v) is 12.0. The Morgan fingerprint density at radius 2 is 1.76 bits per heavy atom. The molecule has 6 heteroatoms. The molecule has 7 rings (SSSR count). The van der Waals surface area contributed by atoms with E-state index in [2.05, 4.69) is 22.0 Å². The summed E-state index contributed by atoms with van der Waals surface area (Å²) in [5.41, 5.74) is 3.52. The highest BCUT2D eigenvalue weighted by molar-refractivity contribution is 6.07. The lowest BCUT2D eigenvalue weighted by atomic mass is 9.74. The minimum atomic E-state index is -0.722. The molecule has 1 N–H and O–H groups in total. The van der Waals surface area contributed by atoms with Crippen LogP contribution in [0.2, 0.25) is 0 Å². The molecular weight excluding hydrogens is 479 g/mol. The molecule has 1 spiro atoms. The number of H-pyrrole nitrogens is 1. The van der Waals surface area contributed by atoms with E-state index < -0.39 is 5.60 Å². The van der Waals surface area contributed by atoms with Gasteiger partial charge in [-0.1, -0.05) is 18.6 Å². The van der Waals surface area contributed by atoms with Gasteiger partial charge in [0.15, 0.2) is 5.72 Å². The molecule has 38 heavy (non-hydrogen) atoms. The van der Waals surface area contributed by atoms with Gasteiger partial charge in [-0.3, -0.25) is 4.90 Å². The Bertz CT molecular complexity index is 1370. The van der Waals surface area contributed by atoms with Crippen molar-refractivity contribution in [1.29, 1.82) is 0 Å². The van der Waals surface area contributed by atoms with Crippen LogP contribution in [0.15, 0.2) is 36.4 Å². The molecule has 0 bridgehead atoms. The van der Waals surface area contributed by atoms with Crippen molar-refractivity contribution in [2.45, 2.75) is 88.9 Å². The predicted molar refractivity (Wildman–Crippen MR) is 145 cm³/mol. The van der Waals surface area contributed by atoms with Crippen molar-refractivity contribution >= 4 is 16.9 Å². The molecule has 1 aliphatic carbocycles. The Morgan fingerprint density at radius 1 is 1.00 bits per heavy atom. The minimum Gasteiger partial charge on any atom is -0.472 e. The average Bonchev–Trinajstić information content (AvgIpc) is 3.28. The molecule has 2 atom stereocenters. The number of hydrogen-bond acceptors (Lipinski definition) is 4. The molecule has 3 aliphatic heterocycles. The van der Waals surface area contributed by atoms with Crippen LogP contribution < -0.4 is 4.74 Å². The van der Waals surface area contributed by atoms with E-state index in [0.717, 1.165) is 97.9 Å². The SMILES string of the molecule is Cc1[nH]c2ccc3c(c2c1C(=O)OC1(c2ccc(F)cc2)CCCCC1)CC1CCCN2CCCCC12O3. The molecule has 200 valence electrons. The van der Waals surface area contributed by atoms with Crippen LogP contribution in [0.4, 0.5) is 4.39 Å². The number of rotatable bonds is 3. The van der Waals surface area contributed by atoms with Crippen LogP contribution in [-0.2, 0) is 16.8 Å². The van der Waals surface area contributed by atoms with Crippen LogP contribution in [-0.4, -0.2) is 34.7 Å². The van der Waals surface area contributed by atoms with Crippen LogP contribution in [0.1, 0.15) is 91.4 Å². The standard InChI is InChI=1S/C32H37FN2O3/c1-21-28(30(36)38-31(15-3-2-4-16-31)22-9-11-24(33)12-10-22)29-25-20-23-8-7-19-35-18-6-5-17-32(23,35)37-27(25)14-13-26(29)34-21/h9-14,23,34H,2-8,15-20H2,1H3. The Hall–Kier alpha value is -2.86. The lowest BCUT2D eigenvalue weighted by Crippen LogP contribution is -2.64. The number of fused-ring (bicyclic) bond motifs is 3. The van der Waals surface area contributed by atoms with Gasteiger partial charge in [0.25, 0.3) is 0 Å². The average molecular weight is 517 g/mol. The number of carbonyl (C=O) groups excluding carboxylic acids is 1. The van der Waals surface area contributed by atoms with E-state index in [-0.39, 0.29) is 17.5 Å². The van der Waals surface area contributed by atoms with E-state index >= 15 is 0 Å². The first-order valence-corrected chi connectivity index (χ1v) is 14.6. The summed E-state index contributed by atoms with van der Waals surface area (Å²) < 4.78 is 27.2. The van der Waals surface area contributed by atoms with E-state index in [1.165, 1.54) is 31.4 Å². The third kappa shape index (κ3) is 3.70. The largest absolute Gasteiger partial charge is 0.472 e. The molecule has 0 amide bonds. The van der Waals surface area contributed by atoms with E-state index in [0.29, 0.717) is 11.5 Å². The van der Waals surface area contributed by atoms with Crippen molar-refractivity contribution in [1.82, 2.24) is 9.88 Å². The number of carbonyl (C=O) groups is 1. The van der Waals surface area contributed by atoms with Crippen molar-refractivity contribution in [2.75, 3.05) is 13.1 Å². The monoisotopic (exact) mass is 516 g/mol. The highest BCUT2D eigenvalue weighted by Crippen LogP contribution is 2.50. The fraction of sp³-hybridized carbons (Fsp3) is 0.531. The molecule has 1 aromatic heterocycles. The fourth-order valence-electron chi connectivity index (χ4n) is 8.02. The molecule has 4 heterocycles. The van der Waals surface area contributed by atoms with Crippen molar-refractivity contribution in [3.8, 4) is 5.75 Å². The first-order valence-electron chi connectivity index (χ1n) is 14.6. The summed E-state index contributed by atoms with van der Waals surface area (Å²) in [6, 6.07) is 10.7. The number of piperidine rings is 2. The molecule has 4 aliphatic rings. The van der Waals surface area contributed by atoms with Gasteiger partial charge in [0.05, 0.1) is 5.56 Å². The Kier molecular flexibility index (Phi) is 5.80. The Morgan fingerprint density at radius 3 is 2.58 bits per heavy atom. The number of nitrogens with one attached hydrogen (secondary N) is 1. The summed E-state index contributed by atoms with van der Waals surface area (Å²) in [4.78, 5) is 20.1. The van der Waals surface area contributed by atoms with Crippen LogP contribution in [0.5, 0.6) is 5.75 Å². The first-order chi connectivity index (χ1) is 18.5. The van der Waals surface area contributed by atoms with Crippen molar-refractivity contribution in [3.63, 3.8) is 0 Å². The van der Waals surface area contributed by atoms with E-state index in [9.17, 15) is 9.18 Å².